The first kappa shape index (κ1) is 23.1. The molecule has 1 heterocycles. The Bertz CT molecular complexity index is 1380. The molecular formula is C26H26N2O3S2. The number of aromatic nitrogens is 1. The Kier molecular flexibility index (Phi) is 6.63. The smallest absolute Gasteiger partial charge is 0.260 e. The van der Waals surface area contributed by atoms with Crippen molar-refractivity contribution >= 4 is 42.4 Å². The Morgan fingerprint density at radius 1 is 0.970 bits per heavy atom. The molecule has 0 atom stereocenters. The van der Waals surface area contributed by atoms with E-state index in [9.17, 15) is 13.2 Å². The summed E-state index contributed by atoms with van der Waals surface area (Å²) in [6.07, 6.45) is 0.860. The van der Waals surface area contributed by atoms with Crippen molar-refractivity contribution in [3.05, 3.63) is 89.5 Å². The zero-order chi connectivity index (χ0) is 23.6. The van der Waals surface area contributed by atoms with Crippen LogP contribution in [0.5, 0.6) is 0 Å². The molecule has 33 heavy (non-hydrogen) atoms. The van der Waals surface area contributed by atoms with Gasteiger partial charge in [-0.15, -0.1) is 0 Å². The van der Waals surface area contributed by atoms with Crippen LogP contribution in [-0.2, 0) is 22.8 Å². The number of para-hydroxylation sites is 1. The second-order valence-corrected chi connectivity index (χ2v) is 11.6. The molecule has 0 radical (unpaired) electrons. The van der Waals surface area contributed by atoms with Crippen LogP contribution in [0.1, 0.15) is 42.3 Å². The van der Waals surface area contributed by atoms with E-state index >= 15 is 0 Å². The molecule has 0 bridgehead atoms. The van der Waals surface area contributed by atoms with E-state index in [4.69, 9.17) is 4.98 Å². The summed E-state index contributed by atoms with van der Waals surface area (Å²) in [6, 6.07) is 22.1. The second kappa shape index (κ2) is 9.45. The predicted molar refractivity (Wildman–Crippen MR) is 135 cm³/mol. The topological polar surface area (TPSA) is 67.3 Å². The first-order valence-electron chi connectivity index (χ1n) is 10.9. The molecule has 1 amide bonds. The van der Waals surface area contributed by atoms with Gasteiger partial charge in [-0.25, -0.2) is 13.4 Å². The molecule has 4 rings (SSSR count). The Balaban J connectivity index is 1.74. The van der Waals surface area contributed by atoms with Gasteiger partial charge in [0, 0.05) is 5.56 Å². The molecule has 3 aromatic carbocycles. The van der Waals surface area contributed by atoms with E-state index < -0.39 is 15.1 Å². The van der Waals surface area contributed by atoms with Gasteiger partial charge in [-0.2, -0.15) is 0 Å². The van der Waals surface area contributed by atoms with Crippen LogP contribution in [0.4, 0.5) is 5.13 Å². The standard InChI is InChI=1S/C26H26N2O3S2/c1-4-20-11-8-12-23-24(20)27-26(32-23)28(17-19-9-6-5-7-10-19)25(29)21-13-15-22(16-14-21)33(30,31)18(2)3/h5-16,18H,4,17H2,1-3H3. The lowest BCUT2D eigenvalue weighted by Crippen LogP contribution is -2.30. The van der Waals surface area contributed by atoms with Crippen molar-refractivity contribution in [2.24, 2.45) is 0 Å². The predicted octanol–water partition coefficient (Wildman–Crippen LogP) is 5.89. The molecule has 0 fully saturated rings. The number of anilines is 1. The van der Waals surface area contributed by atoms with Crippen molar-refractivity contribution in [3.63, 3.8) is 0 Å². The van der Waals surface area contributed by atoms with E-state index in [1.54, 1.807) is 30.9 Å². The number of benzene rings is 3. The number of nitrogens with zero attached hydrogens (tertiary/aromatic N) is 2. The van der Waals surface area contributed by atoms with E-state index in [-0.39, 0.29) is 10.8 Å². The molecule has 0 unspecified atom stereocenters. The number of fused-ring (bicyclic) bond motifs is 1. The van der Waals surface area contributed by atoms with Crippen LogP contribution in [0, 0.1) is 0 Å². The largest absolute Gasteiger partial charge is 0.279 e. The molecule has 5 nitrogen and oxygen atoms in total. The van der Waals surface area contributed by atoms with Crippen LogP contribution < -0.4 is 4.90 Å². The summed E-state index contributed by atoms with van der Waals surface area (Å²) in [7, 11) is -3.40. The van der Waals surface area contributed by atoms with Gasteiger partial charge in [-0.1, -0.05) is 60.7 Å². The minimum atomic E-state index is -3.40. The van der Waals surface area contributed by atoms with Gasteiger partial charge in [0.1, 0.15) is 0 Å². The van der Waals surface area contributed by atoms with Gasteiger partial charge in [-0.05, 0) is 61.7 Å². The molecule has 0 aliphatic carbocycles. The van der Waals surface area contributed by atoms with Crippen LogP contribution in [0.2, 0.25) is 0 Å². The molecule has 0 N–H and O–H groups in total. The summed E-state index contributed by atoms with van der Waals surface area (Å²) in [5, 5.41) is 0.0998. The van der Waals surface area contributed by atoms with E-state index in [1.165, 1.54) is 23.5 Å². The maximum absolute atomic E-state index is 13.6. The van der Waals surface area contributed by atoms with Gasteiger partial charge in [0.25, 0.3) is 5.91 Å². The molecule has 0 aliphatic heterocycles. The van der Waals surface area contributed by atoms with E-state index in [0.29, 0.717) is 17.2 Å². The van der Waals surface area contributed by atoms with Crippen LogP contribution in [0.15, 0.2) is 77.7 Å². The lowest BCUT2D eigenvalue weighted by molar-refractivity contribution is 0.0985. The van der Waals surface area contributed by atoms with E-state index in [1.807, 2.05) is 42.5 Å². The molecule has 170 valence electrons. The van der Waals surface area contributed by atoms with Crippen molar-refractivity contribution in [2.75, 3.05) is 4.90 Å². The van der Waals surface area contributed by atoms with Gasteiger partial charge in [0.2, 0.25) is 0 Å². The van der Waals surface area contributed by atoms with E-state index in [2.05, 4.69) is 13.0 Å². The van der Waals surface area contributed by atoms with Gasteiger partial charge >= 0.3 is 0 Å². The SMILES string of the molecule is CCc1cccc2sc(N(Cc3ccccc3)C(=O)c3ccc(S(=O)(=O)C(C)C)cc3)nc12. The minimum Gasteiger partial charge on any atom is -0.279 e. The summed E-state index contributed by atoms with van der Waals surface area (Å²) in [5.41, 5.74) is 3.47. The highest BCUT2D eigenvalue weighted by atomic mass is 32.2. The fourth-order valence-electron chi connectivity index (χ4n) is 3.60. The lowest BCUT2D eigenvalue weighted by atomic mass is 10.1. The van der Waals surface area contributed by atoms with Crippen LogP contribution >= 0.6 is 11.3 Å². The minimum absolute atomic E-state index is 0.218. The average molecular weight is 479 g/mol. The molecule has 7 heteroatoms. The first-order chi connectivity index (χ1) is 15.8. The highest BCUT2D eigenvalue weighted by Crippen LogP contribution is 2.33. The summed E-state index contributed by atoms with van der Waals surface area (Å²) in [6.45, 7) is 5.75. The fraction of sp³-hybridized carbons (Fsp3) is 0.231. The molecule has 0 aliphatic rings. The summed E-state index contributed by atoms with van der Waals surface area (Å²) < 4.78 is 26.0. The number of carbonyl (C=O) groups is 1. The van der Waals surface area contributed by atoms with Crippen molar-refractivity contribution in [2.45, 2.75) is 43.9 Å². The van der Waals surface area contributed by atoms with Crippen LogP contribution in [-0.4, -0.2) is 24.6 Å². The highest BCUT2D eigenvalue weighted by Gasteiger charge is 2.24. The third-order valence-corrected chi connectivity index (χ3v) is 8.80. The van der Waals surface area contributed by atoms with Gasteiger partial charge in [0.05, 0.1) is 26.9 Å². The normalized spacial score (nSPS) is 11.8. The second-order valence-electron chi connectivity index (χ2n) is 8.11. The Labute approximate surface area is 198 Å². The maximum Gasteiger partial charge on any atom is 0.260 e. The third kappa shape index (κ3) is 4.70. The van der Waals surface area contributed by atoms with Crippen molar-refractivity contribution in [3.8, 4) is 0 Å². The fourth-order valence-corrected chi connectivity index (χ4v) is 5.67. The first-order valence-corrected chi connectivity index (χ1v) is 13.3. The number of amides is 1. The van der Waals surface area contributed by atoms with Gasteiger partial charge < -0.3 is 0 Å². The number of aryl methyl sites for hydroxylation is 1. The molecule has 0 spiro atoms. The van der Waals surface area contributed by atoms with E-state index in [0.717, 1.165) is 27.8 Å². The Morgan fingerprint density at radius 3 is 2.30 bits per heavy atom. The number of carbonyl (C=O) groups excluding carboxylic acids is 1. The summed E-state index contributed by atoms with van der Waals surface area (Å²) in [5.74, 6) is -0.218. The van der Waals surface area contributed by atoms with Crippen LogP contribution in [0.3, 0.4) is 0 Å². The number of hydrogen-bond acceptors (Lipinski definition) is 5. The van der Waals surface area contributed by atoms with Gasteiger partial charge in [0.15, 0.2) is 15.0 Å². The molecule has 0 saturated carbocycles. The number of rotatable bonds is 7. The molecule has 1 aromatic heterocycles. The molecular weight excluding hydrogens is 452 g/mol. The summed E-state index contributed by atoms with van der Waals surface area (Å²) >= 11 is 1.49. The number of thiazole rings is 1. The Hall–Kier alpha value is -3.03. The number of hydrogen-bond donors (Lipinski definition) is 0. The highest BCUT2D eigenvalue weighted by molar-refractivity contribution is 7.92. The zero-order valence-electron chi connectivity index (χ0n) is 18.9. The Morgan fingerprint density at radius 2 is 1.67 bits per heavy atom. The zero-order valence-corrected chi connectivity index (χ0v) is 20.5. The quantitative estimate of drug-likeness (QED) is 0.332. The lowest BCUT2D eigenvalue weighted by Gasteiger charge is -2.20. The average Bonchev–Trinajstić information content (AvgIpc) is 3.27. The monoisotopic (exact) mass is 478 g/mol. The number of sulfone groups is 1. The summed E-state index contributed by atoms with van der Waals surface area (Å²) in [4.78, 5) is 20.3. The van der Waals surface area contributed by atoms with Crippen molar-refractivity contribution in [1.82, 2.24) is 4.98 Å². The third-order valence-electron chi connectivity index (χ3n) is 5.58. The van der Waals surface area contributed by atoms with Crippen molar-refractivity contribution in [1.29, 1.82) is 0 Å². The molecule has 4 aromatic rings. The van der Waals surface area contributed by atoms with Gasteiger partial charge in [-0.3, -0.25) is 9.69 Å². The van der Waals surface area contributed by atoms with Crippen molar-refractivity contribution < 1.29 is 13.2 Å². The van der Waals surface area contributed by atoms with Crippen LogP contribution in [0.25, 0.3) is 10.2 Å². The maximum atomic E-state index is 13.6. The molecule has 0 saturated heterocycles.